The van der Waals surface area contributed by atoms with Crippen molar-refractivity contribution >= 4 is 34.4 Å². The number of hydrogen-bond donors (Lipinski definition) is 2. The van der Waals surface area contributed by atoms with E-state index in [-0.39, 0.29) is 11.9 Å². The molecule has 0 saturated carbocycles. The number of carbonyl (C=O) groups is 1. The minimum absolute atomic E-state index is 0.263. The summed E-state index contributed by atoms with van der Waals surface area (Å²) in [6.07, 6.45) is 9.54. The third-order valence-electron chi connectivity index (χ3n) is 6.64. The molecule has 11 heteroatoms. The number of hydrogen-bond acceptors (Lipinski definition) is 9. The number of nitrogens with zero attached hydrogens (tertiary/aromatic N) is 7. The van der Waals surface area contributed by atoms with Gasteiger partial charge >= 0.3 is 0 Å². The maximum atomic E-state index is 12.6. The van der Waals surface area contributed by atoms with E-state index in [4.69, 9.17) is 4.74 Å². The molecular formula is C29H29N9O2. The lowest BCUT2D eigenvalue weighted by molar-refractivity contribution is -0.111. The zero-order valence-corrected chi connectivity index (χ0v) is 22.3. The Hall–Kier alpha value is -5.21. The van der Waals surface area contributed by atoms with Crippen LogP contribution in [0.1, 0.15) is 5.56 Å². The number of nitrogens with one attached hydrogen (secondary N) is 2. The van der Waals surface area contributed by atoms with E-state index in [0.717, 1.165) is 37.4 Å². The number of allylic oxidation sites excluding steroid dienone is 2. The lowest BCUT2D eigenvalue weighted by Gasteiger charge is -2.35. The van der Waals surface area contributed by atoms with Crippen LogP contribution in [0.4, 0.5) is 23.0 Å². The number of fused-ring (bicyclic) bond motifs is 1. The monoisotopic (exact) mass is 535 g/mol. The van der Waals surface area contributed by atoms with Crippen molar-refractivity contribution in [3.8, 4) is 23.1 Å². The van der Waals surface area contributed by atoms with Crippen molar-refractivity contribution in [2.75, 3.05) is 55.9 Å². The van der Waals surface area contributed by atoms with Gasteiger partial charge in [-0.15, -0.1) is 0 Å². The van der Waals surface area contributed by atoms with E-state index in [0.29, 0.717) is 33.9 Å². The lowest BCUT2D eigenvalue weighted by Crippen LogP contribution is -2.44. The van der Waals surface area contributed by atoms with E-state index >= 15 is 0 Å². The first kappa shape index (κ1) is 26.4. The predicted molar refractivity (Wildman–Crippen MR) is 155 cm³/mol. The van der Waals surface area contributed by atoms with Gasteiger partial charge in [0.15, 0.2) is 0 Å². The van der Waals surface area contributed by atoms with E-state index in [1.54, 1.807) is 30.0 Å². The summed E-state index contributed by atoms with van der Waals surface area (Å²) in [7, 11) is 3.68. The summed E-state index contributed by atoms with van der Waals surface area (Å²) < 4.78 is 7.46. The Morgan fingerprint density at radius 1 is 1.18 bits per heavy atom. The van der Waals surface area contributed by atoms with Crippen molar-refractivity contribution in [3.05, 3.63) is 79.3 Å². The molecule has 3 aromatic heterocycles. The SMILES string of the molecule is C=C/C=C/C(=O)Nc1cc(Nc2ncc(C#N)c(-c3cnn4ccccc34)n2)c(OC)cc1N1CCN(C)CC1. The zero-order chi connectivity index (χ0) is 28.1. The molecule has 11 nitrogen and oxygen atoms in total. The highest BCUT2D eigenvalue weighted by atomic mass is 16.5. The maximum absolute atomic E-state index is 12.6. The van der Waals surface area contributed by atoms with Crippen molar-refractivity contribution in [2.45, 2.75) is 0 Å². The fraction of sp³-hybridized carbons (Fsp3) is 0.207. The number of benzene rings is 1. The molecule has 202 valence electrons. The van der Waals surface area contributed by atoms with Gasteiger partial charge in [-0.25, -0.2) is 14.5 Å². The molecule has 0 spiro atoms. The Morgan fingerprint density at radius 3 is 2.75 bits per heavy atom. The largest absolute Gasteiger partial charge is 0.494 e. The minimum Gasteiger partial charge on any atom is -0.494 e. The first-order valence-corrected chi connectivity index (χ1v) is 12.7. The van der Waals surface area contributed by atoms with Gasteiger partial charge in [-0.3, -0.25) is 4.79 Å². The summed E-state index contributed by atoms with van der Waals surface area (Å²) in [6.45, 7) is 7.04. The Balaban J connectivity index is 1.54. The average molecular weight is 536 g/mol. The number of piperazine rings is 1. The van der Waals surface area contributed by atoms with Crippen LogP contribution in [-0.2, 0) is 4.79 Å². The summed E-state index contributed by atoms with van der Waals surface area (Å²) in [5.74, 6) is 0.536. The molecule has 0 unspecified atom stereocenters. The second-order valence-electron chi connectivity index (χ2n) is 9.23. The van der Waals surface area contributed by atoms with Crippen LogP contribution >= 0.6 is 0 Å². The van der Waals surface area contributed by atoms with Gasteiger partial charge in [0.1, 0.15) is 11.8 Å². The van der Waals surface area contributed by atoms with Gasteiger partial charge in [-0.05, 0) is 25.2 Å². The van der Waals surface area contributed by atoms with Crippen LogP contribution in [0.5, 0.6) is 5.75 Å². The Labute approximate surface area is 232 Å². The molecule has 1 saturated heterocycles. The number of rotatable bonds is 8. The van der Waals surface area contributed by atoms with Crippen molar-refractivity contribution in [3.63, 3.8) is 0 Å². The summed E-state index contributed by atoms with van der Waals surface area (Å²) in [5, 5.41) is 20.3. The van der Waals surface area contributed by atoms with Crippen LogP contribution in [0.3, 0.4) is 0 Å². The van der Waals surface area contributed by atoms with Crippen molar-refractivity contribution in [1.82, 2.24) is 24.5 Å². The first-order valence-electron chi connectivity index (χ1n) is 12.7. The highest BCUT2D eigenvalue weighted by Gasteiger charge is 2.22. The van der Waals surface area contributed by atoms with E-state index in [1.165, 1.54) is 12.3 Å². The third-order valence-corrected chi connectivity index (χ3v) is 6.64. The number of pyridine rings is 1. The molecule has 1 aromatic carbocycles. The molecular weight excluding hydrogens is 506 g/mol. The molecule has 0 aliphatic carbocycles. The van der Waals surface area contributed by atoms with Gasteiger partial charge in [0.25, 0.3) is 0 Å². The summed E-state index contributed by atoms with van der Waals surface area (Å²) in [6, 6.07) is 11.6. The van der Waals surface area contributed by atoms with Gasteiger partial charge in [-0.2, -0.15) is 10.4 Å². The number of amides is 1. The summed E-state index contributed by atoms with van der Waals surface area (Å²) in [4.78, 5) is 26.2. The van der Waals surface area contributed by atoms with Gasteiger partial charge < -0.3 is 25.2 Å². The molecule has 4 heterocycles. The number of methoxy groups -OCH3 is 1. The second-order valence-corrected chi connectivity index (χ2v) is 9.23. The standard InChI is InChI=1S/C29H29N9O2/c1-4-5-9-27(39)33-22-15-23(26(40-3)16-25(22)37-13-11-36(2)12-14-37)34-29-31-18-20(17-30)28(35-29)21-19-32-38-10-7-6-8-24(21)38/h4-10,15-16,18-19H,1,11-14H2,2-3H3,(H,33,39)(H,31,34,35)/b9-5+. The number of likely N-dealkylation sites (N-methyl/N-ethyl adjacent to an activating group) is 1. The topological polar surface area (TPSA) is 124 Å². The molecule has 0 bridgehead atoms. The Morgan fingerprint density at radius 2 is 2.00 bits per heavy atom. The molecule has 1 aliphatic heterocycles. The number of ether oxygens (including phenoxy) is 1. The van der Waals surface area contributed by atoms with Crippen LogP contribution in [0, 0.1) is 11.3 Å². The van der Waals surface area contributed by atoms with Crippen LogP contribution in [-0.4, -0.2) is 70.7 Å². The average Bonchev–Trinajstić information content (AvgIpc) is 3.41. The predicted octanol–water partition coefficient (Wildman–Crippen LogP) is 3.85. The molecule has 1 fully saturated rings. The van der Waals surface area contributed by atoms with E-state index in [9.17, 15) is 10.1 Å². The zero-order valence-electron chi connectivity index (χ0n) is 22.3. The quantitative estimate of drug-likeness (QED) is 0.256. The third kappa shape index (κ3) is 5.48. The smallest absolute Gasteiger partial charge is 0.248 e. The van der Waals surface area contributed by atoms with Gasteiger partial charge in [0.2, 0.25) is 11.9 Å². The van der Waals surface area contributed by atoms with Crippen molar-refractivity contribution in [2.24, 2.45) is 0 Å². The van der Waals surface area contributed by atoms with Crippen LogP contribution in [0.2, 0.25) is 0 Å². The van der Waals surface area contributed by atoms with E-state index in [2.05, 4.69) is 55.2 Å². The highest BCUT2D eigenvalue weighted by Crippen LogP contribution is 2.39. The number of anilines is 4. The molecule has 4 aromatic rings. The molecule has 0 radical (unpaired) electrons. The van der Waals surface area contributed by atoms with Crippen LogP contribution in [0.25, 0.3) is 16.8 Å². The number of carbonyl (C=O) groups excluding carboxylic acids is 1. The maximum Gasteiger partial charge on any atom is 0.248 e. The van der Waals surface area contributed by atoms with Gasteiger partial charge in [0.05, 0.1) is 53.3 Å². The minimum atomic E-state index is -0.281. The molecule has 5 rings (SSSR count). The van der Waals surface area contributed by atoms with Crippen LogP contribution < -0.4 is 20.3 Å². The fourth-order valence-corrected chi connectivity index (χ4v) is 4.54. The van der Waals surface area contributed by atoms with Gasteiger partial charge in [-0.1, -0.05) is 24.8 Å². The molecule has 0 atom stereocenters. The highest BCUT2D eigenvalue weighted by molar-refractivity contribution is 6.02. The lowest BCUT2D eigenvalue weighted by atomic mass is 10.1. The normalized spacial score (nSPS) is 13.8. The fourth-order valence-electron chi connectivity index (χ4n) is 4.54. The molecule has 2 N–H and O–H groups in total. The van der Waals surface area contributed by atoms with Crippen molar-refractivity contribution < 1.29 is 9.53 Å². The van der Waals surface area contributed by atoms with Crippen molar-refractivity contribution in [1.29, 1.82) is 5.26 Å². The summed E-state index contributed by atoms with van der Waals surface area (Å²) >= 11 is 0. The van der Waals surface area contributed by atoms with E-state index < -0.39 is 0 Å². The van der Waals surface area contributed by atoms with Gasteiger partial charge in [0, 0.05) is 50.1 Å². The molecule has 1 amide bonds. The molecule has 1 aliphatic rings. The summed E-state index contributed by atoms with van der Waals surface area (Å²) in [5.41, 5.74) is 4.32. The van der Waals surface area contributed by atoms with Crippen LogP contribution in [0.15, 0.2) is 73.7 Å². The number of aromatic nitrogens is 4. The first-order chi connectivity index (χ1) is 19.5. The second kappa shape index (κ2) is 11.7. The Kier molecular flexibility index (Phi) is 7.70. The molecule has 40 heavy (non-hydrogen) atoms. The van der Waals surface area contributed by atoms with E-state index in [1.807, 2.05) is 36.5 Å². The Bertz CT molecular complexity index is 1630. The number of nitriles is 1.